The summed E-state index contributed by atoms with van der Waals surface area (Å²) in [7, 11) is 0. The van der Waals surface area contributed by atoms with Crippen LogP contribution in [-0.2, 0) is 9.53 Å². The van der Waals surface area contributed by atoms with Crippen LogP contribution in [0.25, 0.3) is 0 Å². The molecular weight excluding hydrogens is 354 g/mol. The lowest BCUT2D eigenvalue weighted by Gasteiger charge is -2.17. The molecule has 7 heteroatoms. The van der Waals surface area contributed by atoms with Gasteiger partial charge in [0.1, 0.15) is 0 Å². The second-order valence-electron chi connectivity index (χ2n) is 6.98. The van der Waals surface area contributed by atoms with Gasteiger partial charge >= 0.3 is 5.97 Å². The molecule has 3 N–H and O–H groups in total. The number of hydrogen-bond donors (Lipinski definition) is 3. The Balaban J connectivity index is 1.75. The lowest BCUT2D eigenvalue weighted by molar-refractivity contribution is -0.137. The molecule has 2 rings (SSSR count). The molecule has 0 saturated heterocycles. The normalized spacial score (nSPS) is 29.1. The van der Waals surface area contributed by atoms with Crippen molar-refractivity contribution >= 4 is 22.8 Å². The van der Waals surface area contributed by atoms with E-state index in [4.69, 9.17) is 14.8 Å². The highest BCUT2D eigenvalue weighted by Crippen LogP contribution is 2.43. The van der Waals surface area contributed by atoms with Gasteiger partial charge in [-0.1, -0.05) is 12.2 Å². The van der Waals surface area contributed by atoms with E-state index in [9.17, 15) is 15.0 Å². The number of carboxylic acids is 1. The Hall–Kier alpha value is -0.890. The number of aliphatic hydroxyl groups is 2. The van der Waals surface area contributed by atoms with Crippen molar-refractivity contribution in [3.8, 4) is 0 Å². The van der Waals surface area contributed by atoms with Crippen LogP contribution < -0.4 is 0 Å². The molecule has 0 spiro atoms. The number of carbonyl (C=O) groups is 1. The quantitative estimate of drug-likeness (QED) is 0.373. The molecule has 1 aliphatic heterocycles. The van der Waals surface area contributed by atoms with Crippen molar-refractivity contribution in [2.75, 3.05) is 19.0 Å². The van der Waals surface area contributed by atoms with E-state index >= 15 is 0 Å². The molecule has 5 atom stereocenters. The Morgan fingerprint density at radius 1 is 1.46 bits per heavy atom. The summed E-state index contributed by atoms with van der Waals surface area (Å²) in [4.78, 5) is 15.3. The fourth-order valence-electron chi connectivity index (χ4n) is 3.62. The summed E-state index contributed by atoms with van der Waals surface area (Å²) in [5.41, 5.74) is 0. The number of nitrogens with zero attached hydrogens (tertiary/aromatic N) is 1. The van der Waals surface area contributed by atoms with Gasteiger partial charge in [-0.15, -0.1) is 11.8 Å². The number of aliphatic imine (C=N–C) groups is 1. The second-order valence-corrected chi connectivity index (χ2v) is 8.14. The van der Waals surface area contributed by atoms with Gasteiger partial charge in [0.15, 0.2) is 0 Å². The third-order valence-corrected chi connectivity index (χ3v) is 6.11. The Morgan fingerprint density at radius 2 is 2.27 bits per heavy atom. The van der Waals surface area contributed by atoms with Crippen LogP contribution in [0, 0.1) is 11.8 Å². The molecule has 1 heterocycles. The predicted octanol–water partition coefficient (Wildman–Crippen LogP) is 2.49. The molecule has 0 radical (unpaired) electrons. The zero-order valence-electron chi connectivity index (χ0n) is 15.4. The molecule has 26 heavy (non-hydrogen) atoms. The molecule has 0 bridgehead atoms. The molecule has 0 aromatic carbocycles. The first-order valence-electron chi connectivity index (χ1n) is 9.54. The summed E-state index contributed by atoms with van der Waals surface area (Å²) >= 11 is 1.72. The fraction of sp³-hybridized carbons (Fsp3) is 0.789. The molecule has 1 fully saturated rings. The van der Waals surface area contributed by atoms with E-state index in [1.165, 1.54) is 0 Å². The van der Waals surface area contributed by atoms with Gasteiger partial charge in [-0.3, -0.25) is 9.79 Å². The van der Waals surface area contributed by atoms with Gasteiger partial charge in [0.2, 0.25) is 0 Å². The number of hydrogen-bond acceptors (Lipinski definition) is 6. The maximum Gasteiger partial charge on any atom is 0.303 e. The number of aliphatic carboxylic acids is 1. The molecule has 0 amide bonds. The molecule has 1 saturated carbocycles. The van der Waals surface area contributed by atoms with Gasteiger partial charge in [-0.05, 0) is 37.9 Å². The molecule has 6 nitrogen and oxygen atoms in total. The van der Waals surface area contributed by atoms with Gasteiger partial charge in [0, 0.05) is 38.4 Å². The zero-order chi connectivity index (χ0) is 18.9. The van der Waals surface area contributed by atoms with E-state index in [0.29, 0.717) is 38.4 Å². The summed E-state index contributed by atoms with van der Waals surface area (Å²) in [5.74, 6) is 0.498. The van der Waals surface area contributed by atoms with Crippen molar-refractivity contribution < 1.29 is 24.9 Å². The third kappa shape index (κ3) is 6.68. The molecule has 2 aliphatic rings. The highest BCUT2D eigenvalue weighted by molar-refractivity contribution is 8.13. The van der Waals surface area contributed by atoms with E-state index in [0.717, 1.165) is 23.6 Å². The van der Waals surface area contributed by atoms with Crippen LogP contribution in [0.3, 0.4) is 0 Å². The van der Waals surface area contributed by atoms with Crippen LogP contribution in [0.5, 0.6) is 0 Å². The minimum absolute atomic E-state index is 0.0376. The molecular formula is C19H31NO5S. The van der Waals surface area contributed by atoms with E-state index in [1.54, 1.807) is 17.8 Å². The first-order valence-corrected chi connectivity index (χ1v) is 10.5. The number of unbranched alkanes of at least 4 members (excludes halogenated alkanes) is 1. The van der Waals surface area contributed by atoms with Gasteiger partial charge in [0.25, 0.3) is 0 Å². The topological polar surface area (TPSA) is 99.4 Å². The van der Waals surface area contributed by atoms with Crippen LogP contribution >= 0.6 is 11.8 Å². The lowest BCUT2D eigenvalue weighted by Crippen LogP contribution is -2.19. The molecule has 0 aromatic heterocycles. The molecule has 0 aromatic rings. The average molecular weight is 386 g/mol. The minimum atomic E-state index is -0.741. The second kappa shape index (κ2) is 11.1. The highest BCUT2D eigenvalue weighted by atomic mass is 32.2. The maximum atomic E-state index is 10.5. The Bertz CT molecular complexity index is 510. The lowest BCUT2D eigenvalue weighted by atomic mass is 9.91. The van der Waals surface area contributed by atoms with E-state index in [1.807, 2.05) is 13.0 Å². The number of thioether (sulfide) groups is 1. The molecule has 148 valence electrons. The number of aliphatic hydroxyl groups excluding tert-OH is 2. The monoisotopic (exact) mass is 385 g/mol. The maximum absolute atomic E-state index is 10.5. The smallest absolute Gasteiger partial charge is 0.303 e. The predicted molar refractivity (Wildman–Crippen MR) is 104 cm³/mol. The van der Waals surface area contributed by atoms with E-state index in [2.05, 4.69) is 0 Å². The largest absolute Gasteiger partial charge is 0.481 e. The average Bonchev–Trinajstić information content (AvgIpc) is 3.09. The van der Waals surface area contributed by atoms with Crippen LogP contribution in [-0.4, -0.2) is 63.5 Å². The van der Waals surface area contributed by atoms with Crippen molar-refractivity contribution in [2.24, 2.45) is 16.8 Å². The van der Waals surface area contributed by atoms with E-state index in [-0.39, 0.29) is 18.4 Å². The van der Waals surface area contributed by atoms with Crippen LogP contribution in [0.15, 0.2) is 17.1 Å². The van der Waals surface area contributed by atoms with Gasteiger partial charge in [-0.2, -0.15) is 0 Å². The van der Waals surface area contributed by atoms with Crippen LogP contribution in [0.1, 0.15) is 45.4 Å². The molecule has 5 unspecified atom stereocenters. The summed E-state index contributed by atoms with van der Waals surface area (Å²) in [6, 6.07) is 0.168. The minimum Gasteiger partial charge on any atom is -0.481 e. The highest BCUT2D eigenvalue weighted by Gasteiger charge is 2.44. The first-order chi connectivity index (χ1) is 12.5. The Kier molecular flexibility index (Phi) is 9.11. The van der Waals surface area contributed by atoms with Crippen molar-refractivity contribution in [1.82, 2.24) is 0 Å². The summed E-state index contributed by atoms with van der Waals surface area (Å²) < 4.78 is 5.25. The fourth-order valence-corrected chi connectivity index (χ4v) is 4.72. The van der Waals surface area contributed by atoms with Crippen LogP contribution in [0.4, 0.5) is 0 Å². The molecule has 1 aliphatic carbocycles. The van der Waals surface area contributed by atoms with Crippen LogP contribution in [0.2, 0.25) is 0 Å². The zero-order valence-corrected chi connectivity index (χ0v) is 16.2. The third-order valence-electron chi connectivity index (χ3n) is 5.01. The first kappa shape index (κ1) is 21.4. The van der Waals surface area contributed by atoms with E-state index < -0.39 is 18.2 Å². The summed E-state index contributed by atoms with van der Waals surface area (Å²) in [6.07, 6.45) is 6.72. The van der Waals surface area contributed by atoms with Crippen molar-refractivity contribution in [2.45, 2.75) is 63.7 Å². The number of carboxylic acid groups (broad SMARTS) is 1. The SMILES string of the molecule is CCOCCC(O)C=CC1C(O)CC2N=C(SCCCCC(=O)O)CC21. The van der Waals surface area contributed by atoms with Gasteiger partial charge < -0.3 is 20.1 Å². The van der Waals surface area contributed by atoms with Crippen molar-refractivity contribution in [3.05, 3.63) is 12.2 Å². The number of fused-ring (bicyclic) bond motifs is 1. The standard InChI is InChI=1S/C19H31NO5S/c1-2-25-9-8-13(21)6-7-14-15-11-18(20-16(15)12-17(14)22)26-10-4-3-5-19(23)24/h6-7,13-17,21-22H,2-5,8-12H2,1H3,(H,23,24). The number of ether oxygens (including phenoxy) is 1. The van der Waals surface area contributed by atoms with Crippen molar-refractivity contribution in [1.29, 1.82) is 0 Å². The summed E-state index contributed by atoms with van der Waals surface area (Å²) in [6.45, 7) is 3.11. The summed E-state index contributed by atoms with van der Waals surface area (Å²) in [5, 5.41) is 30.1. The van der Waals surface area contributed by atoms with Crippen molar-refractivity contribution in [3.63, 3.8) is 0 Å². The number of rotatable bonds is 11. The van der Waals surface area contributed by atoms with Gasteiger partial charge in [0.05, 0.1) is 23.3 Å². The Morgan fingerprint density at radius 3 is 3.00 bits per heavy atom. The Labute approximate surface area is 159 Å². The van der Waals surface area contributed by atoms with Gasteiger partial charge in [-0.25, -0.2) is 0 Å².